The molecular weight excluding hydrogens is 174 g/mol. The van der Waals surface area contributed by atoms with E-state index in [1.54, 1.807) is 0 Å². The normalized spacial score (nSPS) is 27.9. The second kappa shape index (κ2) is 5.13. The molecule has 0 radical (unpaired) electrons. The highest BCUT2D eigenvalue weighted by Crippen LogP contribution is 2.27. The van der Waals surface area contributed by atoms with Gasteiger partial charge in [0, 0.05) is 24.6 Å². The van der Waals surface area contributed by atoms with Crippen LogP contribution in [-0.4, -0.2) is 35.7 Å². The fourth-order valence-electron chi connectivity index (χ4n) is 2.33. The van der Waals surface area contributed by atoms with Crippen LogP contribution in [0.3, 0.4) is 0 Å². The molecule has 1 heterocycles. The quantitative estimate of drug-likeness (QED) is 0.734. The first-order chi connectivity index (χ1) is 6.65. The van der Waals surface area contributed by atoms with Gasteiger partial charge in [0.2, 0.25) is 0 Å². The van der Waals surface area contributed by atoms with Gasteiger partial charge in [-0.15, -0.1) is 0 Å². The predicted octanol–water partition coefficient (Wildman–Crippen LogP) is 2.27. The van der Waals surface area contributed by atoms with E-state index >= 15 is 0 Å². The van der Waals surface area contributed by atoms with Crippen LogP contribution in [0.5, 0.6) is 0 Å². The average Bonchev–Trinajstić information content (AvgIpc) is 2.65. The van der Waals surface area contributed by atoms with E-state index < -0.39 is 0 Å². The van der Waals surface area contributed by atoms with Crippen LogP contribution in [0.15, 0.2) is 0 Å². The Bertz CT molecular complexity index is 166. The molecule has 0 bridgehead atoms. The molecule has 0 aromatic heterocycles. The standard InChI is InChI=1S/C12H25NO/c1-4-11-7-6-8-13(11)9-12(3,5-2)10-14/h11,14H,4-10H2,1-3H3. The van der Waals surface area contributed by atoms with Crippen molar-refractivity contribution >= 4 is 0 Å². The third-order valence-corrected chi connectivity index (χ3v) is 3.79. The predicted molar refractivity (Wildman–Crippen MR) is 60.4 cm³/mol. The number of nitrogens with zero attached hydrogens (tertiary/aromatic N) is 1. The summed E-state index contributed by atoms with van der Waals surface area (Å²) in [5, 5.41) is 9.38. The number of hydrogen-bond donors (Lipinski definition) is 1. The number of aliphatic hydroxyl groups is 1. The molecule has 84 valence electrons. The lowest BCUT2D eigenvalue weighted by Gasteiger charge is -2.34. The number of rotatable bonds is 5. The largest absolute Gasteiger partial charge is 0.396 e. The number of aliphatic hydroxyl groups excluding tert-OH is 1. The fraction of sp³-hybridized carbons (Fsp3) is 1.00. The van der Waals surface area contributed by atoms with Crippen molar-refractivity contribution in [3.8, 4) is 0 Å². The van der Waals surface area contributed by atoms with E-state index in [9.17, 15) is 5.11 Å². The molecule has 0 amide bonds. The maximum Gasteiger partial charge on any atom is 0.0496 e. The molecule has 1 saturated heterocycles. The van der Waals surface area contributed by atoms with Crippen LogP contribution in [0.1, 0.15) is 46.5 Å². The molecule has 0 saturated carbocycles. The molecule has 1 rings (SSSR count). The monoisotopic (exact) mass is 199 g/mol. The lowest BCUT2D eigenvalue weighted by Crippen LogP contribution is -2.40. The molecule has 1 N–H and O–H groups in total. The van der Waals surface area contributed by atoms with Crippen molar-refractivity contribution < 1.29 is 5.11 Å². The zero-order valence-electron chi connectivity index (χ0n) is 9.92. The van der Waals surface area contributed by atoms with Gasteiger partial charge in [0.15, 0.2) is 0 Å². The zero-order valence-corrected chi connectivity index (χ0v) is 9.92. The van der Waals surface area contributed by atoms with E-state index in [1.807, 2.05) is 0 Å². The van der Waals surface area contributed by atoms with Crippen LogP contribution in [0.4, 0.5) is 0 Å². The molecule has 2 unspecified atom stereocenters. The molecule has 2 atom stereocenters. The first-order valence-electron chi connectivity index (χ1n) is 6.00. The number of likely N-dealkylation sites (tertiary alicyclic amines) is 1. The maximum atomic E-state index is 9.38. The summed E-state index contributed by atoms with van der Waals surface area (Å²) >= 11 is 0. The second-order valence-corrected chi connectivity index (χ2v) is 5.00. The minimum atomic E-state index is 0.109. The van der Waals surface area contributed by atoms with Crippen LogP contribution in [-0.2, 0) is 0 Å². The Morgan fingerprint density at radius 1 is 1.43 bits per heavy atom. The van der Waals surface area contributed by atoms with E-state index in [1.165, 1.54) is 25.8 Å². The Balaban J connectivity index is 2.49. The highest BCUT2D eigenvalue weighted by Gasteiger charge is 2.30. The van der Waals surface area contributed by atoms with Gasteiger partial charge in [0.05, 0.1) is 0 Å². The summed E-state index contributed by atoms with van der Waals surface area (Å²) in [6, 6.07) is 0.771. The summed E-state index contributed by atoms with van der Waals surface area (Å²) in [6.07, 6.45) is 5.01. The van der Waals surface area contributed by atoms with E-state index in [0.717, 1.165) is 19.0 Å². The molecule has 2 nitrogen and oxygen atoms in total. The number of hydrogen-bond acceptors (Lipinski definition) is 2. The van der Waals surface area contributed by atoms with Crippen LogP contribution < -0.4 is 0 Å². The van der Waals surface area contributed by atoms with Crippen molar-refractivity contribution in [1.82, 2.24) is 4.90 Å². The van der Waals surface area contributed by atoms with Gasteiger partial charge in [-0.1, -0.05) is 20.8 Å². The molecular formula is C12H25NO. The van der Waals surface area contributed by atoms with Gasteiger partial charge in [0.25, 0.3) is 0 Å². The molecule has 1 aliphatic rings. The molecule has 0 aliphatic carbocycles. The minimum Gasteiger partial charge on any atom is -0.396 e. The highest BCUT2D eigenvalue weighted by molar-refractivity contribution is 4.84. The Labute approximate surface area is 88.3 Å². The van der Waals surface area contributed by atoms with Gasteiger partial charge in [-0.2, -0.15) is 0 Å². The lowest BCUT2D eigenvalue weighted by molar-refractivity contribution is 0.0781. The van der Waals surface area contributed by atoms with Crippen molar-refractivity contribution in [2.24, 2.45) is 5.41 Å². The third kappa shape index (κ3) is 2.71. The molecule has 14 heavy (non-hydrogen) atoms. The fourth-order valence-corrected chi connectivity index (χ4v) is 2.33. The van der Waals surface area contributed by atoms with Crippen LogP contribution in [0.25, 0.3) is 0 Å². The van der Waals surface area contributed by atoms with Crippen molar-refractivity contribution in [1.29, 1.82) is 0 Å². The molecule has 1 aliphatic heterocycles. The van der Waals surface area contributed by atoms with Gasteiger partial charge >= 0.3 is 0 Å². The summed E-state index contributed by atoms with van der Waals surface area (Å²) < 4.78 is 0. The summed E-state index contributed by atoms with van der Waals surface area (Å²) in [4.78, 5) is 2.57. The topological polar surface area (TPSA) is 23.5 Å². The van der Waals surface area contributed by atoms with E-state index in [2.05, 4.69) is 25.7 Å². The third-order valence-electron chi connectivity index (χ3n) is 3.79. The summed E-state index contributed by atoms with van der Waals surface area (Å²) in [7, 11) is 0. The van der Waals surface area contributed by atoms with Gasteiger partial charge < -0.3 is 5.11 Å². The summed E-state index contributed by atoms with van der Waals surface area (Å²) in [6.45, 7) is 9.25. The first kappa shape index (κ1) is 12.0. The van der Waals surface area contributed by atoms with Crippen LogP contribution in [0, 0.1) is 5.41 Å². The van der Waals surface area contributed by atoms with Crippen LogP contribution in [0.2, 0.25) is 0 Å². The average molecular weight is 199 g/mol. The molecule has 2 heteroatoms. The van der Waals surface area contributed by atoms with Gasteiger partial charge in [-0.3, -0.25) is 4.90 Å². The maximum absolute atomic E-state index is 9.38. The van der Waals surface area contributed by atoms with Crippen molar-refractivity contribution in [3.05, 3.63) is 0 Å². The van der Waals surface area contributed by atoms with Crippen molar-refractivity contribution in [2.45, 2.75) is 52.5 Å². The van der Waals surface area contributed by atoms with Gasteiger partial charge in [-0.05, 0) is 32.2 Å². The van der Waals surface area contributed by atoms with Crippen LogP contribution >= 0.6 is 0 Å². The smallest absolute Gasteiger partial charge is 0.0496 e. The molecule has 0 spiro atoms. The van der Waals surface area contributed by atoms with Crippen molar-refractivity contribution in [3.63, 3.8) is 0 Å². The van der Waals surface area contributed by atoms with Gasteiger partial charge in [-0.25, -0.2) is 0 Å². The Morgan fingerprint density at radius 2 is 2.14 bits per heavy atom. The van der Waals surface area contributed by atoms with Gasteiger partial charge in [0.1, 0.15) is 0 Å². The second-order valence-electron chi connectivity index (χ2n) is 5.00. The minimum absolute atomic E-state index is 0.109. The SMILES string of the molecule is CCC1CCCN1CC(C)(CC)CO. The molecule has 0 aromatic carbocycles. The Hall–Kier alpha value is -0.0800. The lowest BCUT2D eigenvalue weighted by atomic mass is 9.87. The Kier molecular flexibility index (Phi) is 4.39. The summed E-state index contributed by atoms with van der Waals surface area (Å²) in [5.41, 5.74) is 0.109. The van der Waals surface area contributed by atoms with E-state index in [-0.39, 0.29) is 5.41 Å². The van der Waals surface area contributed by atoms with E-state index in [0.29, 0.717) is 6.61 Å². The van der Waals surface area contributed by atoms with Crippen molar-refractivity contribution in [2.75, 3.05) is 19.7 Å². The summed E-state index contributed by atoms with van der Waals surface area (Å²) in [5.74, 6) is 0. The zero-order chi connectivity index (χ0) is 10.6. The highest BCUT2D eigenvalue weighted by atomic mass is 16.3. The first-order valence-corrected chi connectivity index (χ1v) is 6.00. The molecule has 1 fully saturated rings. The van der Waals surface area contributed by atoms with E-state index in [4.69, 9.17) is 0 Å². The Morgan fingerprint density at radius 3 is 2.64 bits per heavy atom. The molecule has 0 aromatic rings.